The van der Waals surface area contributed by atoms with E-state index >= 15 is 0 Å². The van der Waals surface area contributed by atoms with Crippen molar-refractivity contribution < 1.29 is 32.2 Å². The maximum atomic E-state index is 13.8. The molecule has 0 aliphatic carbocycles. The predicted molar refractivity (Wildman–Crippen MR) is 114 cm³/mol. The maximum Gasteiger partial charge on any atom is 0.434 e. The van der Waals surface area contributed by atoms with Crippen LogP contribution in [0.1, 0.15) is 21.6 Å². The van der Waals surface area contributed by atoms with Crippen molar-refractivity contribution in [3.63, 3.8) is 0 Å². The highest BCUT2D eigenvalue weighted by molar-refractivity contribution is 5.95. The number of hydrazine groups is 1. The number of methoxy groups -OCH3 is 3. The molecule has 3 aromatic rings. The number of carbonyl (C=O) groups is 1. The summed E-state index contributed by atoms with van der Waals surface area (Å²) < 4.78 is 57.8. The SMILES string of the molecule is C=C(NNC(=O)c1cnn(-c2ccccc2)c1C(F)(F)F)c1cc(OC)c(OC)c(OC)c1. The molecule has 0 fully saturated rings. The Bertz CT molecular complexity index is 1140. The highest BCUT2D eigenvalue weighted by Gasteiger charge is 2.40. The normalized spacial score (nSPS) is 11.0. The monoisotopic (exact) mass is 462 g/mol. The number of alkyl halides is 3. The van der Waals surface area contributed by atoms with Crippen LogP contribution in [-0.2, 0) is 6.18 Å². The van der Waals surface area contributed by atoms with E-state index in [-0.39, 0.29) is 11.4 Å². The average Bonchev–Trinajstić information content (AvgIpc) is 3.28. The molecule has 33 heavy (non-hydrogen) atoms. The van der Waals surface area contributed by atoms with Gasteiger partial charge in [-0.2, -0.15) is 18.3 Å². The zero-order valence-corrected chi connectivity index (χ0v) is 18.0. The number of carbonyl (C=O) groups excluding carboxylic acids is 1. The molecule has 0 aliphatic heterocycles. The molecule has 0 radical (unpaired) electrons. The number of para-hydroxylation sites is 1. The second kappa shape index (κ2) is 9.55. The number of nitrogens with zero attached hydrogens (tertiary/aromatic N) is 2. The summed E-state index contributed by atoms with van der Waals surface area (Å²) in [6, 6.07) is 10.8. The van der Waals surface area contributed by atoms with Gasteiger partial charge in [-0.15, -0.1) is 0 Å². The molecular weight excluding hydrogens is 441 g/mol. The highest BCUT2D eigenvalue weighted by Crippen LogP contribution is 2.39. The summed E-state index contributed by atoms with van der Waals surface area (Å²) in [5.74, 6) is -0.0175. The summed E-state index contributed by atoms with van der Waals surface area (Å²) in [5, 5.41) is 3.76. The van der Waals surface area contributed by atoms with Crippen molar-refractivity contribution in [3.05, 3.63) is 72.1 Å². The van der Waals surface area contributed by atoms with Crippen LogP contribution in [0.2, 0.25) is 0 Å². The summed E-state index contributed by atoms with van der Waals surface area (Å²) in [5.41, 5.74) is 3.66. The molecule has 174 valence electrons. The fourth-order valence-corrected chi connectivity index (χ4v) is 3.08. The van der Waals surface area contributed by atoms with Gasteiger partial charge in [0, 0.05) is 5.56 Å². The van der Waals surface area contributed by atoms with Crippen LogP contribution in [0.3, 0.4) is 0 Å². The Morgan fingerprint density at radius 1 is 1.00 bits per heavy atom. The van der Waals surface area contributed by atoms with E-state index in [1.165, 1.54) is 33.5 Å². The summed E-state index contributed by atoms with van der Waals surface area (Å²) in [6.07, 6.45) is -3.97. The Kier molecular flexibility index (Phi) is 6.80. The molecule has 11 heteroatoms. The van der Waals surface area contributed by atoms with Gasteiger partial charge in [-0.25, -0.2) is 4.68 Å². The van der Waals surface area contributed by atoms with Gasteiger partial charge in [0.05, 0.1) is 44.5 Å². The van der Waals surface area contributed by atoms with E-state index in [0.29, 0.717) is 27.5 Å². The first-order valence-electron chi connectivity index (χ1n) is 9.47. The third-order valence-corrected chi connectivity index (χ3v) is 4.62. The van der Waals surface area contributed by atoms with Gasteiger partial charge in [0.15, 0.2) is 17.2 Å². The van der Waals surface area contributed by atoms with E-state index < -0.39 is 23.3 Å². The molecule has 8 nitrogen and oxygen atoms in total. The van der Waals surface area contributed by atoms with Crippen molar-refractivity contribution in [1.29, 1.82) is 0 Å². The van der Waals surface area contributed by atoms with Crippen LogP contribution in [0.25, 0.3) is 11.4 Å². The zero-order chi connectivity index (χ0) is 24.2. The molecule has 0 saturated heterocycles. The lowest BCUT2D eigenvalue weighted by Gasteiger charge is -2.17. The average molecular weight is 462 g/mol. The van der Waals surface area contributed by atoms with Gasteiger partial charge < -0.3 is 14.2 Å². The van der Waals surface area contributed by atoms with Crippen LogP contribution < -0.4 is 25.1 Å². The number of ether oxygens (including phenoxy) is 3. The van der Waals surface area contributed by atoms with Crippen molar-refractivity contribution in [2.75, 3.05) is 21.3 Å². The molecule has 0 saturated carbocycles. The molecule has 0 atom stereocenters. The van der Waals surface area contributed by atoms with Gasteiger partial charge in [0.1, 0.15) is 0 Å². The van der Waals surface area contributed by atoms with E-state index in [4.69, 9.17) is 14.2 Å². The van der Waals surface area contributed by atoms with Crippen molar-refractivity contribution in [2.45, 2.75) is 6.18 Å². The van der Waals surface area contributed by atoms with E-state index in [2.05, 4.69) is 22.5 Å². The standard InChI is InChI=1S/C22H21F3N4O4/c1-13(14-10-17(31-2)19(33-4)18(11-14)32-3)27-28-21(30)16-12-26-29(20(16)22(23,24)25)15-8-6-5-7-9-15/h5-12,27H,1H2,2-4H3,(H,28,30). The van der Waals surface area contributed by atoms with E-state index in [9.17, 15) is 18.0 Å². The zero-order valence-electron chi connectivity index (χ0n) is 18.0. The van der Waals surface area contributed by atoms with Crippen LogP contribution in [0, 0.1) is 0 Å². The van der Waals surface area contributed by atoms with Gasteiger partial charge in [-0.1, -0.05) is 24.8 Å². The van der Waals surface area contributed by atoms with Crippen LogP contribution in [0.15, 0.2) is 55.2 Å². The van der Waals surface area contributed by atoms with Gasteiger partial charge >= 0.3 is 6.18 Å². The third-order valence-electron chi connectivity index (χ3n) is 4.62. The number of halogens is 3. The van der Waals surface area contributed by atoms with Crippen LogP contribution in [0.5, 0.6) is 17.2 Å². The minimum atomic E-state index is -4.83. The number of aromatic nitrogens is 2. The van der Waals surface area contributed by atoms with E-state index in [1.54, 1.807) is 30.3 Å². The number of nitrogens with one attached hydrogen (secondary N) is 2. The first-order valence-corrected chi connectivity index (χ1v) is 9.47. The predicted octanol–water partition coefficient (Wildman–Crippen LogP) is 3.82. The molecule has 1 heterocycles. The Balaban J connectivity index is 1.85. The molecule has 2 N–H and O–H groups in total. The molecule has 0 unspecified atom stereocenters. The minimum Gasteiger partial charge on any atom is -0.493 e. The molecule has 0 bridgehead atoms. The smallest absolute Gasteiger partial charge is 0.434 e. The fraction of sp³-hybridized carbons (Fsp3) is 0.182. The number of hydrogen-bond donors (Lipinski definition) is 2. The lowest BCUT2D eigenvalue weighted by molar-refractivity contribution is -0.143. The summed E-state index contributed by atoms with van der Waals surface area (Å²) in [4.78, 5) is 12.6. The second-order valence-corrected chi connectivity index (χ2v) is 6.62. The van der Waals surface area contributed by atoms with Gasteiger partial charge in [0.25, 0.3) is 5.91 Å². The molecule has 2 aromatic carbocycles. The first-order chi connectivity index (χ1) is 15.7. The summed E-state index contributed by atoms with van der Waals surface area (Å²) in [6.45, 7) is 3.80. The molecule has 1 amide bonds. The first kappa shape index (κ1) is 23.5. The number of hydrogen-bond acceptors (Lipinski definition) is 6. The molecule has 0 spiro atoms. The molecule has 0 aliphatic rings. The van der Waals surface area contributed by atoms with Gasteiger partial charge in [0.2, 0.25) is 5.75 Å². The quantitative estimate of drug-likeness (QED) is 0.495. The Morgan fingerprint density at radius 2 is 1.61 bits per heavy atom. The molecule has 1 aromatic heterocycles. The lowest BCUT2D eigenvalue weighted by atomic mass is 10.1. The Morgan fingerprint density at radius 3 is 2.12 bits per heavy atom. The molecule has 3 rings (SSSR count). The topological polar surface area (TPSA) is 86.6 Å². The van der Waals surface area contributed by atoms with E-state index in [0.717, 1.165) is 6.20 Å². The summed E-state index contributed by atoms with van der Waals surface area (Å²) >= 11 is 0. The minimum absolute atomic E-state index is 0.165. The molecular formula is C22H21F3N4O4. The Labute approximate surface area is 187 Å². The second-order valence-electron chi connectivity index (χ2n) is 6.62. The highest BCUT2D eigenvalue weighted by atomic mass is 19.4. The summed E-state index contributed by atoms with van der Waals surface area (Å²) in [7, 11) is 4.31. The van der Waals surface area contributed by atoms with Crippen molar-refractivity contribution in [2.24, 2.45) is 0 Å². The lowest BCUT2D eigenvalue weighted by Crippen LogP contribution is -2.37. The van der Waals surface area contributed by atoms with Crippen LogP contribution in [-0.4, -0.2) is 37.0 Å². The number of benzene rings is 2. The third kappa shape index (κ3) is 4.86. The fourth-order valence-electron chi connectivity index (χ4n) is 3.08. The van der Waals surface area contributed by atoms with Crippen molar-refractivity contribution >= 4 is 11.6 Å². The van der Waals surface area contributed by atoms with Gasteiger partial charge in [-0.3, -0.25) is 15.6 Å². The Hall–Kier alpha value is -4.15. The van der Waals surface area contributed by atoms with Crippen molar-refractivity contribution in [3.8, 4) is 22.9 Å². The van der Waals surface area contributed by atoms with Gasteiger partial charge in [-0.05, 0) is 24.3 Å². The largest absolute Gasteiger partial charge is 0.493 e. The van der Waals surface area contributed by atoms with Crippen molar-refractivity contribution in [1.82, 2.24) is 20.6 Å². The number of amides is 1. The maximum absolute atomic E-state index is 13.8. The van der Waals surface area contributed by atoms with Crippen LogP contribution >= 0.6 is 0 Å². The van der Waals surface area contributed by atoms with E-state index in [1.807, 2.05) is 0 Å². The van der Waals surface area contributed by atoms with Crippen LogP contribution in [0.4, 0.5) is 13.2 Å². The number of rotatable bonds is 8.